The molecular weight excluding hydrogens is 426 g/mol. The fourth-order valence-electron chi connectivity index (χ4n) is 4.22. The van der Waals surface area contributed by atoms with Crippen molar-refractivity contribution >= 4 is 34.4 Å². The SMILES string of the molecule is Cc1nc(SCC(=O)N2c3ccccc3C[C@@H]2C)c2c(=O)n(C)c(=O)n(CC(C)C)c2n1. The zero-order valence-corrected chi connectivity index (χ0v) is 19.8. The first kappa shape index (κ1) is 22.3. The summed E-state index contributed by atoms with van der Waals surface area (Å²) in [6.45, 7) is 8.20. The Balaban J connectivity index is 1.73. The molecule has 3 heterocycles. The van der Waals surface area contributed by atoms with Crippen LogP contribution >= 0.6 is 11.8 Å². The van der Waals surface area contributed by atoms with Crippen molar-refractivity contribution in [2.75, 3.05) is 10.7 Å². The van der Waals surface area contributed by atoms with Crippen LogP contribution in [0.5, 0.6) is 0 Å². The summed E-state index contributed by atoms with van der Waals surface area (Å²) in [5.41, 5.74) is 1.59. The number of carbonyl (C=O) groups excluding carboxylic acids is 1. The molecule has 0 unspecified atom stereocenters. The third kappa shape index (κ3) is 3.85. The molecule has 0 aliphatic carbocycles. The minimum atomic E-state index is -0.445. The summed E-state index contributed by atoms with van der Waals surface area (Å²) in [5, 5.41) is 0.713. The number of thioether (sulfide) groups is 1. The van der Waals surface area contributed by atoms with E-state index in [0.29, 0.717) is 23.0 Å². The quantitative estimate of drug-likeness (QED) is 0.436. The second kappa shape index (κ2) is 8.54. The molecule has 0 radical (unpaired) electrons. The molecule has 1 aliphatic rings. The molecule has 1 amide bonds. The van der Waals surface area contributed by atoms with Crippen molar-refractivity contribution in [2.45, 2.75) is 51.7 Å². The van der Waals surface area contributed by atoms with Gasteiger partial charge in [-0.2, -0.15) is 0 Å². The van der Waals surface area contributed by atoms with E-state index in [2.05, 4.69) is 9.97 Å². The molecule has 0 bridgehead atoms. The number of aryl methyl sites for hydroxylation is 1. The molecule has 1 aromatic carbocycles. The van der Waals surface area contributed by atoms with Crippen molar-refractivity contribution in [3.63, 3.8) is 0 Å². The Morgan fingerprint density at radius 2 is 1.94 bits per heavy atom. The van der Waals surface area contributed by atoms with Gasteiger partial charge < -0.3 is 4.90 Å². The minimum absolute atomic E-state index is 0.0378. The summed E-state index contributed by atoms with van der Waals surface area (Å²) < 4.78 is 2.62. The summed E-state index contributed by atoms with van der Waals surface area (Å²) in [4.78, 5) is 49.6. The van der Waals surface area contributed by atoms with Gasteiger partial charge in [-0.3, -0.25) is 18.7 Å². The molecule has 0 fully saturated rings. The van der Waals surface area contributed by atoms with E-state index in [9.17, 15) is 14.4 Å². The Morgan fingerprint density at radius 3 is 2.66 bits per heavy atom. The average Bonchev–Trinajstić information content (AvgIpc) is 3.08. The van der Waals surface area contributed by atoms with Gasteiger partial charge >= 0.3 is 5.69 Å². The predicted octanol–water partition coefficient (Wildman–Crippen LogP) is 2.52. The molecule has 8 nitrogen and oxygen atoms in total. The number of anilines is 1. The van der Waals surface area contributed by atoms with E-state index in [-0.39, 0.29) is 29.0 Å². The molecule has 0 saturated heterocycles. The maximum absolute atomic E-state index is 13.2. The lowest BCUT2D eigenvalue weighted by Gasteiger charge is -2.22. The molecule has 1 aliphatic heterocycles. The highest BCUT2D eigenvalue weighted by Crippen LogP contribution is 2.33. The number of amides is 1. The van der Waals surface area contributed by atoms with Crippen LogP contribution < -0.4 is 16.1 Å². The van der Waals surface area contributed by atoms with Crippen molar-refractivity contribution < 1.29 is 4.79 Å². The van der Waals surface area contributed by atoms with E-state index < -0.39 is 11.2 Å². The Hall–Kier alpha value is -2.94. The Kier molecular flexibility index (Phi) is 5.94. The van der Waals surface area contributed by atoms with E-state index >= 15 is 0 Å². The highest BCUT2D eigenvalue weighted by Gasteiger charge is 2.30. The number of benzene rings is 1. The first-order valence-corrected chi connectivity index (χ1v) is 11.7. The maximum atomic E-state index is 13.2. The molecule has 0 spiro atoms. The fourth-order valence-corrected chi connectivity index (χ4v) is 5.14. The molecule has 0 saturated carbocycles. The van der Waals surface area contributed by atoms with Crippen LogP contribution in [0.1, 0.15) is 32.2 Å². The average molecular weight is 454 g/mol. The Labute approximate surface area is 190 Å². The van der Waals surface area contributed by atoms with E-state index in [1.165, 1.54) is 23.4 Å². The molecule has 1 atom stereocenters. The second-order valence-electron chi connectivity index (χ2n) is 8.66. The van der Waals surface area contributed by atoms with Gasteiger partial charge in [0.2, 0.25) is 5.91 Å². The van der Waals surface area contributed by atoms with Crippen LogP contribution in [0.25, 0.3) is 11.0 Å². The van der Waals surface area contributed by atoms with Gasteiger partial charge in [-0.05, 0) is 37.8 Å². The highest BCUT2D eigenvalue weighted by atomic mass is 32.2. The van der Waals surface area contributed by atoms with Crippen molar-refractivity contribution in [1.82, 2.24) is 19.1 Å². The molecule has 4 rings (SSSR count). The van der Waals surface area contributed by atoms with Crippen molar-refractivity contribution in [1.29, 1.82) is 0 Å². The number of para-hydroxylation sites is 1. The van der Waals surface area contributed by atoms with Gasteiger partial charge in [0.05, 0.1) is 5.75 Å². The van der Waals surface area contributed by atoms with Crippen LogP contribution in [0.15, 0.2) is 38.9 Å². The number of carbonyl (C=O) groups is 1. The third-order valence-electron chi connectivity index (χ3n) is 5.62. The lowest BCUT2D eigenvalue weighted by molar-refractivity contribution is -0.116. The summed E-state index contributed by atoms with van der Waals surface area (Å²) in [5.74, 6) is 0.746. The first-order valence-electron chi connectivity index (χ1n) is 10.7. The van der Waals surface area contributed by atoms with Crippen LogP contribution in [0.3, 0.4) is 0 Å². The largest absolute Gasteiger partial charge is 0.332 e. The summed E-state index contributed by atoms with van der Waals surface area (Å²) in [6.07, 6.45) is 0.824. The van der Waals surface area contributed by atoms with Crippen LogP contribution in [0.4, 0.5) is 5.69 Å². The number of hydrogen-bond acceptors (Lipinski definition) is 6. The standard InChI is InChI=1S/C23H27N5O3S/c1-13(2)11-27-20-19(22(30)26(5)23(27)31)21(25-15(4)24-20)32-12-18(29)28-14(3)10-16-8-6-7-9-17(16)28/h6-9,13-14H,10-12H2,1-5H3/t14-/m0/s1. The summed E-state index contributed by atoms with van der Waals surface area (Å²) in [7, 11) is 1.46. The zero-order chi connectivity index (χ0) is 23.2. The molecule has 168 valence electrons. The smallest absolute Gasteiger partial charge is 0.308 e. The summed E-state index contributed by atoms with van der Waals surface area (Å²) in [6, 6.07) is 8.00. The van der Waals surface area contributed by atoms with Crippen LogP contribution in [0, 0.1) is 12.8 Å². The number of hydrogen-bond donors (Lipinski definition) is 0. The first-order chi connectivity index (χ1) is 15.2. The molecule has 2 aromatic heterocycles. The van der Waals surface area contributed by atoms with Gasteiger partial charge in [0.25, 0.3) is 5.56 Å². The number of fused-ring (bicyclic) bond motifs is 2. The van der Waals surface area contributed by atoms with Gasteiger partial charge in [0, 0.05) is 25.3 Å². The normalized spacial score (nSPS) is 15.6. The Morgan fingerprint density at radius 1 is 1.22 bits per heavy atom. The zero-order valence-electron chi connectivity index (χ0n) is 19.0. The lowest BCUT2D eigenvalue weighted by Crippen LogP contribution is -2.40. The van der Waals surface area contributed by atoms with Gasteiger partial charge in [0.15, 0.2) is 5.65 Å². The van der Waals surface area contributed by atoms with Gasteiger partial charge in [-0.25, -0.2) is 14.8 Å². The molecule has 3 aromatic rings. The molecule has 9 heteroatoms. The summed E-state index contributed by atoms with van der Waals surface area (Å²) >= 11 is 1.22. The van der Waals surface area contributed by atoms with Crippen LogP contribution in [-0.4, -0.2) is 36.8 Å². The third-order valence-corrected chi connectivity index (χ3v) is 6.58. The van der Waals surface area contributed by atoms with Gasteiger partial charge in [-0.15, -0.1) is 0 Å². The fraction of sp³-hybridized carbons (Fsp3) is 0.435. The lowest BCUT2D eigenvalue weighted by atomic mass is 10.1. The second-order valence-corrected chi connectivity index (χ2v) is 9.62. The van der Waals surface area contributed by atoms with E-state index in [1.807, 2.05) is 49.9 Å². The number of aromatic nitrogens is 4. The van der Waals surface area contributed by atoms with E-state index in [4.69, 9.17) is 0 Å². The number of nitrogens with zero attached hydrogens (tertiary/aromatic N) is 5. The van der Waals surface area contributed by atoms with E-state index in [0.717, 1.165) is 22.2 Å². The Bertz CT molecular complexity index is 1330. The van der Waals surface area contributed by atoms with Crippen LogP contribution in [0.2, 0.25) is 0 Å². The molecular formula is C23H27N5O3S. The maximum Gasteiger partial charge on any atom is 0.332 e. The van der Waals surface area contributed by atoms with Crippen molar-refractivity contribution in [3.8, 4) is 0 Å². The van der Waals surface area contributed by atoms with Crippen molar-refractivity contribution in [2.24, 2.45) is 13.0 Å². The van der Waals surface area contributed by atoms with Gasteiger partial charge in [-0.1, -0.05) is 43.8 Å². The monoisotopic (exact) mass is 453 g/mol. The van der Waals surface area contributed by atoms with Crippen molar-refractivity contribution in [3.05, 3.63) is 56.5 Å². The predicted molar refractivity (Wildman–Crippen MR) is 126 cm³/mol. The number of rotatable bonds is 5. The van der Waals surface area contributed by atoms with Gasteiger partial charge in [0.1, 0.15) is 16.2 Å². The van der Waals surface area contributed by atoms with Crippen LogP contribution in [-0.2, 0) is 24.8 Å². The molecule has 32 heavy (non-hydrogen) atoms. The highest BCUT2D eigenvalue weighted by molar-refractivity contribution is 8.00. The van der Waals surface area contributed by atoms with E-state index in [1.54, 1.807) is 6.92 Å². The minimum Gasteiger partial charge on any atom is -0.308 e. The molecule has 0 N–H and O–H groups in total. The topological polar surface area (TPSA) is 90.1 Å².